The number of thioether (sulfide) groups is 1. The summed E-state index contributed by atoms with van der Waals surface area (Å²) in [5.74, 6) is 1.12. The minimum absolute atomic E-state index is 0. The molecule has 0 spiro atoms. The van der Waals surface area contributed by atoms with E-state index in [9.17, 15) is 0 Å². The van der Waals surface area contributed by atoms with Crippen molar-refractivity contribution in [3.05, 3.63) is 6.26 Å². The summed E-state index contributed by atoms with van der Waals surface area (Å²) in [6.07, 6.45) is 3.52. The Hall–Kier alpha value is 1.45. The third-order valence-electron chi connectivity index (χ3n) is 0.204. The zero-order chi connectivity index (χ0) is 3.41. The summed E-state index contributed by atoms with van der Waals surface area (Å²) in [7, 11) is 0. The van der Waals surface area contributed by atoms with Crippen molar-refractivity contribution in [1.29, 1.82) is 0 Å². The number of hydrogen-bond acceptors (Lipinski definition) is 1. The molecule has 2 heteroatoms. The van der Waals surface area contributed by atoms with Crippen LogP contribution < -0.4 is 0 Å². The van der Waals surface area contributed by atoms with Crippen LogP contribution in [0.25, 0.3) is 0 Å². The maximum Gasteiger partial charge on any atom is 3.00 e. The smallest absolute Gasteiger partial charge is 0.354 e. The number of rotatable bonds is 1. The molecule has 0 atom stereocenters. The Morgan fingerprint density at radius 2 is 2.00 bits per heavy atom. The first-order valence-corrected chi connectivity index (χ1v) is 2.44. The minimum atomic E-state index is 0. The van der Waals surface area contributed by atoms with Gasteiger partial charge in [-0.3, -0.25) is 6.26 Å². The van der Waals surface area contributed by atoms with Crippen LogP contribution in [0.3, 0.4) is 0 Å². The van der Waals surface area contributed by atoms with E-state index in [0.717, 1.165) is 5.75 Å². The van der Waals surface area contributed by atoms with Crippen molar-refractivity contribution in [2.45, 2.75) is 6.92 Å². The van der Waals surface area contributed by atoms with Crippen molar-refractivity contribution in [3.8, 4) is 0 Å². The van der Waals surface area contributed by atoms with Crippen LogP contribution in [-0.2, 0) is 32.7 Å². The Kier molecular flexibility index (Phi) is 17.6. The van der Waals surface area contributed by atoms with Crippen molar-refractivity contribution >= 4 is 11.8 Å². The predicted molar refractivity (Wildman–Crippen MR) is 23.5 cm³/mol. The van der Waals surface area contributed by atoms with Gasteiger partial charge in [-0.25, -0.2) is 0 Å². The fourth-order valence-corrected chi connectivity index (χ4v) is 0. The molecule has 5 heavy (non-hydrogen) atoms. The molecule has 0 amide bonds. The third-order valence-corrected chi connectivity index (χ3v) is 0.612. The van der Waals surface area contributed by atoms with Gasteiger partial charge in [-0.2, -0.15) is 0 Å². The topological polar surface area (TPSA) is 0 Å². The van der Waals surface area contributed by atoms with E-state index in [4.69, 9.17) is 0 Å². The summed E-state index contributed by atoms with van der Waals surface area (Å²) in [6, 6.07) is 0. The van der Waals surface area contributed by atoms with E-state index in [2.05, 4.69) is 13.2 Å². The Bertz CT molecular complexity index is 8.85. The first-order valence-electron chi connectivity index (χ1n) is 1.28. The molecular weight excluding hydrogens is 157 g/mol. The fourth-order valence-electron chi connectivity index (χ4n) is 0. The summed E-state index contributed by atoms with van der Waals surface area (Å²) in [4.78, 5) is 0. The summed E-state index contributed by atoms with van der Waals surface area (Å²) in [6.45, 7) is 2.08. The van der Waals surface area contributed by atoms with Gasteiger partial charge in [-0.15, -0.1) is 0 Å². The van der Waals surface area contributed by atoms with Crippen LogP contribution in [-0.4, -0.2) is 5.75 Å². The molecule has 0 saturated carbocycles. The first kappa shape index (κ1) is 9.68. The molecule has 0 unspecified atom stereocenters. The van der Waals surface area contributed by atoms with Gasteiger partial charge in [0, 0.05) is 0 Å². The van der Waals surface area contributed by atoms with Crippen molar-refractivity contribution in [1.82, 2.24) is 0 Å². The molecule has 0 aromatic rings. The molecule has 0 heterocycles. The SMILES string of the molecule is [CH2-]SCC.[Y+3]. The van der Waals surface area contributed by atoms with Gasteiger partial charge in [-0.1, -0.05) is 6.92 Å². The van der Waals surface area contributed by atoms with E-state index in [1.54, 1.807) is 11.8 Å². The van der Waals surface area contributed by atoms with E-state index >= 15 is 0 Å². The standard InChI is InChI=1S/C3H7S.Y/c1-3-4-2;/h2-3H2,1H3;/q-1;+3. The quantitative estimate of drug-likeness (QED) is 0.529. The molecule has 0 aliphatic heterocycles. The largest absolute Gasteiger partial charge is 3.00 e. The molecule has 0 nitrogen and oxygen atoms in total. The maximum atomic E-state index is 3.52. The van der Waals surface area contributed by atoms with Crippen molar-refractivity contribution in [2.24, 2.45) is 0 Å². The summed E-state index contributed by atoms with van der Waals surface area (Å²) >= 11 is 1.61. The van der Waals surface area contributed by atoms with Gasteiger partial charge in [0.25, 0.3) is 0 Å². The van der Waals surface area contributed by atoms with Gasteiger partial charge in [0.05, 0.1) is 0 Å². The van der Waals surface area contributed by atoms with E-state index < -0.39 is 0 Å². The van der Waals surface area contributed by atoms with Gasteiger partial charge in [0.1, 0.15) is 0 Å². The molecule has 0 aliphatic carbocycles. The molecule has 0 saturated heterocycles. The molecule has 0 bridgehead atoms. The second kappa shape index (κ2) is 9.07. The Morgan fingerprint density at radius 1 is 1.80 bits per heavy atom. The van der Waals surface area contributed by atoms with Crippen LogP contribution in [0.5, 0.6) is 0 Å². The number of hydrogen-bond donors (Lipinski definition) is 0. The monoisotopic (exact) mass is 164 g/mol. The van der Waals surface area contributed by atoms with Crippen LogP contribution >= 0.6 is 11.8 Å². The van der Waals surface area contributed by atoms with Gasteiger partial charge in [-0.05, 0) is 5.75 Å². The van der Waals surface area contributed by atoms with Crippen LogP contribution in [0.1, 0.15) is 6.92 Å². The van der Waals surface area contributed by atoms with Crippen LogP contribution in [0.4, 0.5) is 0 Å². The van der Waals surface area contributed by atoms with Crippen molar-refractivity contribution in [2.75, 3.05) is 5.75 Å². The average molecular weight is 164 g/mol. The van der Waals surface area contributed by atoms with Gasteiger partial charge < -0.3 is 11.8 Å². The molecule has 0 N–H and O–H groups in total. The van der Waals surface area contributed by atoms with Crippen LogP contribution in [0.15, 0.2) is 0 Å². The van der Waals surface area contributed by atoms with Gasteiger partial charge in [0.15, 0.2) is 0 Å². The van der Waals surface area contributed by atoms with Crippen LogP contribution in [0.2, 0.25) is 0 Å². The molecule has 0 radical (unpaired) electrons. The minimum Gasteiger partial charge on any atom is -0.354 e. The zero-order valence-corrected chi connectivity index (χ0v) is 7.05. The summed E-state index contributed by atoms with van der Waals surface area (Å²) in [5.41, 5.74) is 0. The third kappa shape index (κ3) is 10.8. The van der Waals surface area contributed by atoms with E-state index in [1.165, 1.54) is 0 Å². The molecular formula is C3H7SY+2. The van der Waals surface area contributed by atoms with Gasteiger partial charge in [0.2, 0.25) is 0 Å². The average Bonchev–Trinajstić information content (AvgIpc) is 1.37. The zero-order valence-electron chi connectivity index (χ0n) is 3.40. The summed E-state index contributed by atoms with van der Waals surface area (Å²) < 4.78 is 0. The first-order chi connectivity index (χ1) is 1.91. The Balaban J connectivity index is 0. The second-order valence-corrected chi connectivity index (χ2v) is 1.48. The molecule has 0 rings (SSSR count). The van der Waals surface area contributed by atoms with E-state index in [-0.39, 0.29) is 32.7 Å². The summed E-state index contributed by atoms with van der Waals surface area (Å²) in [5, 5.41) is 0. The van der Waals surface area contributed by atoms with Gasteiger partial charge >= 0.3 is 32.7 Å². The Morgan fingerprint density at radius 3 is 2.00 bits per heavy atom. The van der Waals surface area contributed by atoms with Crippen molar-refractivity contribution < 1.29 is 32.7 Å². The molecule has 0 aliphatic rings. The predicted octanol–water partition coefficient (Wildman–Crippen LogP) is 1.53. The van der Waals surface area contributed by atoms with E-state index in [0.29, 0.717) is 0 Å². The van der Waals surface area contributed by atoms with Crippen LogP contribution in [0, 0.1) is 6.26 Å². The molecule has 0 fully saturated rings. The molecule has 0 aromatic heterocycles. The molecule has 26 valence electrons. The Labute approximate surface area is 63.0 Å². The molecule has 0 aromatic carbocycles. The second-order valence-electron chi connectivity index (χ2n) is 0.493. The van der Waals surface area contributed by atoms with Crippen molar-refractivity contribution in [3.63, 3.8) is 0 Å². The fraction of sp³-hybridized carbons (Fsp3) is 0.667. The van der Waals surface area contributed by atoms with E-state index in [1.807, 2.05) is 0 Å². The normalized spacial score (nSPS) is 6.00. The maximum absolute atomic E-state index is 3.52.